The maximum absolute atomic E-state index is 9.91. The van der Waals surface area contributed by atoms with Gasteiger partial charge in [-0.05, 0) is 24.7 Å². The van der Waals surface area contributed by atoms with E-state index in [0.717, 1.165) is 16.1 Å². The molecule has 0 spiro atoms. The minimum absolute atomic E-state index is 0.457. The first-order valence-corrected chi connectivity index (χ1v) is 6.66. The predicted molar refractivity (Wildman–Crippen MR) is 72.6 cm³/mol. The Labute approximate surface area is 106 Å². The minimum Gasteiger partial charge on any atom is -0.387 e. The van der Waals surface area contributed by atoms with Crippen molar-refractivity contribution in [3.05, 3.63) is 28.8 Å². The van der Waals surface area contributed by atoms with E-state index in [2.05, 4.69) is 24.1 Å². The highest BCUT2D eigenvalue weighted by Gasteiger charge is 2.11. The molecule has 1 aromatic carbocycles. The molecule has 2 rings (SSSR count). The number of aliphatic hydroxyl groups excluding tert-OH is 1. The molecule has 0 fully saturated rings. The van der Waals surface area contributed by atoms with Crippen LogP contribution >= 0.6 is 11.3 Å². The van der Waals surface area contributed by atoms with Crippen LogP contribution < -0.4 is 5.32 Å². The van der Waals surface area contributed by atoms with Crippen LogP contribution in [0.3, 0.4) is 0 Å². The van der Waals surface area contributed by atoms with Gasteiger partial charge >= 0.3 is 0 Å². The van der Waals surface area contributed by atoms with Crippen molar-refractivity contribution < 1.29 is 5.11 Å². The van der Waals surface area contributed by atoms with Crippen molar-refractivity contribution in [2.45, 2.75) is 25.9 Å². The number of thiazole rings is 1. The van der Waals surface area contributed by atoms with Gasteiger partial charge < -0.3 is 10.4 Å². The molecule has 1 unspecified atom stereocenters. The summed E-state index contributed by atoms with van der Waals surface area (Å²) in [5, 5.41) is 14.0. The average Bonchev–Trinajstić information content (AvgIpc) is 2.71. The first-order chi connectivity index (χ1) is 8.11. The van der Waals surface area contributed by atoms with Gasteiger partial charge in [0.1, 0.15) is 0 Å². The number of benzene rings is 1. The molecule has 0 amide bonds. The van der Waals surface area contributed by atoms with E-state index in [4.69, 9.17) is 0 Å². The SMILES string of the molecule is CNCC(O)c1ccc2sc(C(C)C)nc2c1. The Hall–Kier alpha value is -0.970. The van der Waals surface area contributed by atoms with E-state index in [1.807, 2.05) is 25.2 Å². The standard InChI is InChI=1S/C13H18N2OS/c1-8(2)13-15-10-6-9(11(16)7-14-3)4-5-12(10)17-13/h4-6,8,11,14,16H,7H2,1-3H3. The van der Waals surface area contributed by atoms with Crippen molar-refractivity contribution in [1.29, 1.82) is 0 Å². The van der Waals surface area contributed by atoms with Gasteiger partial charge in [0, 0.05) is 12.5 Å². The summed E-state index contributed by atoms with van der Waals surface area (Å²) < 4.78 is 1.19. The van der Waals surface area contributed by atoms with Crippen LogP contribution in [-0.2, 0) is 0 Å². The molecule has 0 saturated heterocycles. The second-order valence-electron chi connectivity index (χ2n) is 4.51. The highest BCUT2D eigenvalue weighted by molar-refractivity contribution is 7.18. The van der Waals surface area contributed by atoms with Gasteiger partial charge in [0.2, 0.25) is 0 Å². The maximum Gasteiger partial charge on any atom is 0.0963 e. The molecule has 0 aliphatic rings. The molecule has 0 bridgehead atoms. The van der Waals surface area contributed by atoms with Gasteiger partial charge in [-0.1, -0.05) is 19.9 Å². The van der Waals surface area contributed by atoms with Crippen molar-refractivity contribution in [2.24, 2.45) is 0 Å². The average molecular weight is 250 g/mol. The Balaban J connectivity index is 2.36. The summed E-state index contributed by atoms with van der Waals surface area (Å²) in [6, 6.07) is 6.01. The first-order valence-electron chi connectivity index (χ1n) is 5.85. The van der Waals surface area contributed by atoms with E-state index in [9.17, 15) is 5.11 Å². The van der Waals surface area contributed by atoms with Crippen LogP contribution in [0.1, 0.15) is 36.4 Å². The van der Waals surface area contributed by atoms with Crippen LogP contribution in [0.25, 0.3) is 10.2 Å². The summed E-state index contributed by atoms with van der Waals surface area (Å²) in [4.78, 5) is 4.60. The van der Waals surface area contributed by atoms with Gasteiger partial charge in [-0.15, -0.1) is 11.3 Å². The van der Waals surface area contributed by atoms with Crippen molar-refractivity contribution in [3.63, 3.8) is 0 Å². The highest BCUT2D eigenvalue weighted by atomic mass is 32.1. The quantitative estimate of drug-likeness (QED) is 0.877. The second-order valence-corrected chi connectivity index (χ2v) is 5.57. The third-order valence-corrected chi connectivity index (χ3v) is 4.04. The number of nitrogens with zero attached hydrogens (tertiary/aromatic N) is 1. The van der Waals surface area contributed by atoms with Gasteiger partial charge in [-0.3, -0.25) is 0 Å². The van der Waals surface area contributed by atoms with E-state index in [0.29, 0.717) is 12.5 Å². The van der Waals surface area contributed by atoms with Crippen LogP contribution in [-0.4, -0.2) is 23.7 Å². The molecule has 1 aromatic heterocycles. The highest BCUT2D eigenvalue weighted by Crippen LogP contribution is 2.29. The normalized spacial score (nSPS) is 13.5. The van der Waals surface area contributed by atoms with E-state index < -0.39 is 6.10 Å². The molecule has 0 aliphatic carbocycles. The number of rotatable bonds is 4. The monoisotopic (exact) mass is 250 g/mol. The number of aromatic nitrogens is 1. The maximum atomic E-state index is 9.91. The second kappa shape index (κ2) is 5.12. The summed E-state index contributed by atoms with van der Waals surface area (Å²) in [5.74, 6) is 0.457. The molecule has 4 heteroatoms. The number of hydrogen-bond donors (Lipinski definition) is 2. The van der Waals surface area contributed by atoms with Crippen molar-refractivity contribution >= 4 is 21.6 Å². The Morgan fingerprint density at radius 1 is 1.41 bits per heavy atom. The van der Waals surface area contributed by atoms with E-state index in [1.165, 1.54) is 4.70 Å². The van der Waals surface area contributed by atoms with Crippen molar-refractivity contribution in [2.75, 3.05) is 13.6 Å². The molecule has 17 heavy (non-hydrogen) atoms. The van der Waals surface area contributed by atoms with Crippen molar-refractivity contribution in [3.8, 4) is 0 Å². The van der Waals surface area contributed by atoms with Gasteiger partial charge in [0.15, 0.2) is 0 Å². The molecule has 2 N–H and O–H groups in total. The minimum atomic E-state index is -0.464. The van der Waals surface area contributed by atoms with Crippen LogP contribution in [0.15, 0.2) is 18.2 Å². The number of fused-ring (bicyclic) bond motifs is 1. The number of hydrogen-bond acceptors (Lipinski definition) is 4. The fraction of sp³-hybridized carbons (Fsp3) is 0.462. The lowest BCUT2D eigenvalue weighted by molar-refractivity contribution is 0.178. The summed E-state index contributed by atoms with van der Waals surface area (Å²) in [5.41, 5.74) is 1.92. The third kappa shape index (κ3) is 2.65. The van der Waals surface area contributed by atoms with Crippen LogP contribution in [0.4, 0.5) is 0 Å². The van der Waals surface area contributed by atoms with Gasteiger partial charge in [0.05, 0.1) is 21.3 Å². The lowest BCUT2D eigenvalue weighted by atomic mass is 10.1. The zero-order valence-electron chi connectivity index (χ0n) is 10.4. The van der Waals surface area contributed by atoms with Gasteiger partial charge in [0.25, 0.3) is 0 Å². The molecule has 92 valence electrons. The smallest absolute Gasteiger partial charge is 0.0963 e. The number of aliphatic hydroxyl groups is 1. The Bertz CT molecular complexity index is 507. The Kier molecular flexibility index (Phi) is 3.76. The molecule has 2 aromatic rings. The molecular formula is C13H18N2OS. The summed E-state index contributed by atoms with van der Waals surface area (Å²) in [6.45, 7) is 4.86. The molecule has 1 heterocycles. The van der Waals surface area contributed by atoms with Crippen molar-refractivity contribution in [1.82, 2.24) is 10.3 Å². The van der Waals surface area contributed by atoms with E-state index >= 15 is 0 Å². The Morgan fingerprint density at radius 2 is 2.18 bits per heavy atom. The van der Waals surface area contributed by atoms with Gasteiger partial charge in [-0.2, -0.15) is 0 Å². The zero-order chi connectivity index (χ0) is 12.4. The van der Waals surface area contributed by atoms with Crippen LogP contribution in [0, 0.1) is 0 Å². The molecule has 1 atom stereocenters. The molecular weight excluding hydrogens is 232 g/mol. The van der Waals surface area contributed by atoms with Crippen LogP contribution in [0.2, 0.25) is 0 Å². The number of likely N-dealkylation sites (N-methyl/N-ethyl adjacent to an activating group) is 1. The Morgan fingerprint density at radius 3 is 2.82 bits per heavy atom. The van der Waals surface area contributed by atoms with Gasteiger partial charge in [-0.25, -0.2) is 4.98 Å². The molecule has 0 aliphatic heterocycles. The topological polar surface area (TPSA) is 45.1 Å². The predicted octanol–water partition coefficient (Wildman–Crippen LogP) is 2.67. The largest absolute Gasteiger partial charge is 0.387 e. The van der Waals surface area contributed by atoms with E-state index in [-0.39, 0.29) is 0 Å². The summed E-state index contributed by atoms with van der Waals surface area (Å²) in [7, 11) is 1.83. The van der Waals surface area contributed by atoms with Crippen LogP contribution in [0.5, 0.6) is 0 Å². The lowest BCUT2D eigenvalue weighted by Gasteiger charge is -2.09. The fourth-order valence-corrected chi connectivity index (χ4v) is 2.68. The zero-order valence-corrected chi connectivity index (χ0v) is 11.2. The first kappa shape index (κ1) is 12.5. The molecule has 3 nitrogen and oxygen atoms in total. The summed E-state index contributed by atoms with van der Waals surface area (Å²) in [6.07, 6.45) is -0.464. The third-order valence-electron chi connectivity index (χ3n) is 2.70. The fourth-order valence-electron chi connectivity index (χ4n) is 1.73. The molecule has 0 radical (unpaired) electrons. The lowest BCUT2D eigenvalue weighted by Crippen LogP contribution is -2.16. The summed E-state index contributed by atoms with van der Waals surface area (Å²) >= 11 is 1.73. The molecule has 0 saturated carbocycles. The van der Waals surface area contributed by atoms with E-state index in [1.54, 1.807) is 11.3 Å². The number of nitrogens with one attached hydrogen (secondary N) is 1.